The Morgan fingerprint density at radius 1 is 1.16 bits per heavy atom. The van der Waals surface area contributed by atoms with Gasteiger partial charge >= 0.3 is 6.01 Å². The van der Waals surface area contributed by atoms with Crippen molar-refractivity contribution in [3.05, 3.63) is 65.5 Å². The van der Waals surface area contributed by atoms with Gasteiger partial charge in [0, 0.05) is 48.7 Å². The number of likely N-dealkylation sites (tertiary alicyclic amines) is 1. The molecule has 1 atom stereocenters. The molecule has 9 nitrogen and oxygen atoms in total. The molecule has 0 unspecified atom stereocenters. The number of carbonyl (C=O) groups is 1. The summed E-state index contributed by atoms with van der Waals surface area (Å²) in [6, 6.07) is 16.0. The molecule has 0 spiro atoms. The van der Waals surface area contributed by atoms with E-state index in [4.69, 9.17) is 31.0 Å². The second-order valence-electron chi connectivity index (χ2n) is 11.9. The maximum atomic E-state index is 13.9. The Kier molecular flexibility index (Phi) is 7.68. The Hall–Kier alpha value is -4.46. The molecule has 3 aliphatic rings. The number of rotatable bonds is 6. The molecule has 4 aromatic rings. The van der Waals surface area contributed by atoms with Gasteiger partial charge in [0.2, 0.25) is 0 Å². The number of likely N-dealkylation sites (N-methyl/N-ethyl adjacent to an activating group) is 1. The fraction of sp³-hybridized carbons (Fsp3) is 0.353. The normalized spacial score (nSPS) is 18.7. The van der Waals surface area contributed by atoms with Crippen LogP contribution in [0.5, 0.6) is 11.8 Å². The quantitative estimate of drug-likeness (QED) is 0.258. The van der Waals surface area contributed by atoms with Gasteiger partial charge in [-0.1, -0.05) is 48.5 Å². The van der Waals surface area contributed by atoms with E-state index in [1.807, 2.05) is 30.1 Å². The fourth-order valence-electron chi connectivity index (χ4n) is 6.75. The number of hydrogen-bond donors (Lipinski definition) is 0. The standard InChI is InChI=1S/C34H32ClFN6O3/c1-20(36)33(43)42-14-13-41(17-22(42)11-12-37)32-30-28(38-34(39-32)45-23-18-40(2)19-23)16-26(25-9-5-15-44-31(25)30)24-8-3-6-21-7-4-10-27(35)29(21)24/h3-4,6-8,10,16,22-23H,1,5,9,11,13-15,17-19H2,2H3/t22-/m0/s1. The van der Waals surface area contributed by atoms with Gasteiger partial charge in [-0.25, -0.2) is 4.39 Å². The molecule has 2 fully saturated rings. The summed E-state index contributed by atoms with van der Waals surface area (Å²) < 4.78 is 26.6. The zero-order chi connectivity index (χ0) is 31.2. The topological polar surface area (TPSA) is 94.8 Å². The molecule has 2 saturated heterocycles. The van der Waals surface area contributed by atoms with E-state index >= 15 is 0 Å². The summed E-state index contributed by atoms with van der Waals surface area (Å²) in [6.45, 7) is 6.12. The van der Waals surface area contributed by atoms with Gasteiger partial charge in [0.05, 0.1) is 36.0 Å². The van der Waals surface area contributed by atoms with E-state index in [1.165, 1.54) is 4.90 Å². The minimum Gasteiger partial charge on any atom is -0.492 e. The fourth-order valence-corrected chi connectivity index (χ4v) is 7.04. The molecule has 0 N–H and O–H groups in total. The Morgan fingerprint density at radius 3 is 2.71 bits per heavy atom. The van der Waals surface area contributed by atoms with Crippen LogP contribution < -0.4 is 14.4 Å². The number of anilines is 1. The molecule has 0 radical (unpaired) electrons. The van der Waals surface area contributed by atoms with Crippen molar-refractivity contribution in [1.82, 2.24) is 19.8 Å². The molecule has 7 rings (SSSR count). The van der Waals surface area contributed by atoms with Crippen LogP contribution in [0.25, 0.3) is 32.8 Å². The molecule has 1 aromatic heterocycles. The molecule has 3 aliphatic heterocycles. The Labute approximate surface area is 265 Å². The molecule has 230 valence electrons. The predicted octanol–water partition coefficient (Wildman–Crippen LogP) is 5.54. The number of nitriles is 1. The molecular weight excluding hydrogens is 595 g/mol. The zero-order valence-corrected chi connectivity index (χ0v) is 25.7. The second-order valence-corrected chi connectivity index (χ2v) is 12.3. The molecule has 0 aliphatic carbocycles. The highest BCUT2D eigenvalue weighted by atomic mass is 35.5. The molecule has 3 aromatic carbocycles. The first-order valence-electron chi connectivity index (χ1n) is 15.1. The largest absolute Gasteiger partial charge is 0.492 e. The summed E-state index contributed by atoms with van der Waals surface area (Å²) in [7, 11) is 2.03. The SMILES string of the molecule is C=C(F)C(=O)N1CCN(c2nc(OC3CN(C)C3)nc3cc(-c4cccc5cccc(Cl)c45)c4c(c23)OCCC4)C[C@@H]1CC#N. The number of ether oxygens (including phenoxy) is 2. The van der Waals surface area contributed by atoms with Crippen LogP contribution in [0.15, 0.2) is 54.9 Å². The van der Waals surface area contributed by atoms with Crippen molar-refractivity contribution in [1.29, 1.82) is 5.26 Å². The van der Waals surface area contributed by atoms with Gasteiger partial charge in [-0.3, -0.25) is 9.69 Å². The first-order valence-corrected chi connectivity index (χ1v) is 15.5. The van der Waals surface area contributed by atoms with Crippen molar-refractivity contribution in [2.75, 3.05) is 51.3 Å². The maximum absolute atomic E-state index is 13.9. The molecule has 45 heavy (non-hydrogen) atoms. The van der Waals surface area contributed by atoms with E-state index in [1.54, 1.807) is 0 Å². The van der Waals surface area contributed by atoms with E-state index < -0.39 is 17.8 Å². The lowest BCUT2D eigenvalue weighted by atomic mass is 9.89. The third-order valence-corrected chi connectivity index (χ3v) is 9.19. The van der Waals surface area contributed by atoms with E-state index in [-0.39, 0.29) is 31.6 Å². The van der Waals surface area contributed by atoms with Gasteiger partial charge in [0.1, 0.15) is 17.7 Å². The highest BCUT2D eigenvalue weighted by Gasteiger charge is 2.35. The summed E-state index contributed by atoms with van der Waals surface area (Å²) in [5, 5.41) is 13.0. The molecule has 0 bridgehead atoms. The highest BCUT2D eigenvalue weighted by Crippen LogP contribution is 2.46. The third-order valence-electron chi connectivity index (χ3n) is 8.87. The van der Waals surface area contributed by atoms with Gasteiger partial charge in [-0.05, 0) is 48.5 Å². The van der Waals surface area contributed by atoms with Crippen molar-refractivity contribution in [3.8, 4) is 29.0 Å². The van der Waals surface area contributed by atoms with Gasteiger partial charge in [0.15, 0.2) is 5.83 Å². The van der Waals surface area contributed by atoms with Gasteiger partial charge in [-0.15, -0.1) is 0 Å². The average Bonchev–Trinajstić information content (AvgIpc) is 3.03. The van der Waals surface area contributed by atoms with E-state index in [0.29, 0.717) is 29.5 Å². The van der Waals surface area contributed by atoms with Crippen LogP contribution in [0.2, 0.25) is 5.02 Å². The number of carbonyl (C=O) groups excluding carboxylic acids is 1. The zero-order valence-electron chi connectivity index (χ0n) is 24.9. The lowest BCUT2D eigenvalue weighted by molar-refractivity contribution is -0.131. The first kappa shape index (κ1) is 29.3. The van der Waals surface area contributed by atoms with Crippen LogP contribution >= 0.6 is 11.6 Å². The second kappa shape index (κ2) is 11.8. The average molecular weight is 627 g/mol. The summed E-state index contributed by atoms with van der Waals surface area (Å²) >= 11 is 6.78. The van der Waals surface area contributed by atoms with Gasteiger partial charge in [-0.2, -0.15) is 15.2 Å². The van der Waals surface area contributed by atoms with Crippen LogP contribution in [0.1, 0.15) is 18.4 Å². The number of hydrogen-bond acceptors (Lipinski definition) is 8. The number of aromatic nitrogens is 2. The van der Waals surface area contributed by atoms with Crippen molar-refractivity contribution < 1.29 is 18.7 Å². The number of amides is 1. The highest BCUT2D eigenvalue weighted by molar-refractivity contribution is 6.36. The van der Waals surface area contributed by atoms with E-state index in [2.05, 4.69) is 41.8 Å². The Balaban J connectivity index is 1.41. The molecule has 0 saturated carbocycles. The molecule has 1 amide bonds. The lowest BCUT2D eigenvalue weighted by Crippen LogP contribution is -2.55. The number of halogens is 2. The van der Waals surface area contributed by atoms with Gasteiger partial charge < -0.3 is 19.3 Å². The van der Waals surface area contributed by atoms with Crippen LogP contribution in [-0.4, -0.2) is 84.2 Å². The van der Waals surface area contributed by atoms with Crippen LogP contribution in [-0.2, 0) is 11.2 Å². The summed E-state index contributed by atoms with van der Waals surface area (Å²) in [4.78, 5) is 28.0. The number of nitrogens with zero attached hydrogens (tertiary/aromatic N) is 6. The number of piperazine rings is 1. The minimum atomic E-state index is -1.04. The lowest BCUT2D eigenvalue weighted by Gasteiger charge is -2.41. The Morgan fingerprint density at radius 2 is 1.96 bits per heavy atom. The molecular formula is C34H32ClFN6O3. The summed E-state index contributed by atoms with van der Waals surface area (Å²) in [5.41, 5.74) is 3.71. The van der Waals surface area contributed by atoms with E-state index in [9.17, 15) is 14.4 Å². The van der Waals surface area contributed by atoms with Crippen molar-refractivity contribution in [2.45, 2.75) is 31.4 Å². The monoisotopic (exact) mass is 626 g/mol. The summed E-state index contributed by atoms with van der Waals surface area (Å²) in [6.07, 6.45) is 1.65. The summed E-state index contributed by atoms with van der Waals surface area (Å²) in [5.74, 6) is -0.504. The maximum Gasteiger partial charge on any atom is 0.319 e. The van der Waals surface area contributed by atoms with Crippen molar-refractivity contribution in [2.24, 2.45) is 0 Å². The van der Waals surface area contributed by atoms with Crippen molar-refractivity contribution >= 4 is 45.0 Å². The van der Waals surface area contributed by atoms with Crippen LogP contribution in [0.4, 0.5) is 10.2 Å². The molecule has 11 heteroatoms. The van der Waals surface area contributed by atoms with E-state index in [0.717, 1.165) is 64.5 Å². The first-order chi connectivity index (χ1) is 21.8. The number of benzene rings is 3. The smallest absolute Gasteiger partial charge is 0.319 e. The van der Waals surface area contributed by atoms with Crippen molar-refractivity contribution in [3.63, 3.8) is 0 Å². The predicted molar refractivity (Wildman–Crippen MR) is 171 cm³/mol. The van der Waals surface area contributed by atoms with Crippen LogP contribution in [0, 0.1) is 11.3 Å². The minimum absolute atomic E-state index is 0.0386. The third kappa shape index (κ3) is 5.30. The Bertz CT molecular complexity index is 1880. The molecule has 4 heterocycles. The van der Waals surface area contributed by atoms with Gasteiger partial charge in [0.25, 0.3) is 5.91 Å². The van der Waals surface area contributed by atoms with Crippen LogP contribution in [0.3, 0.4) is 0 Å². The number of fused-ring (bicyclic) bond motifs is 4.